The van der Waals surface area contributed by atoms with Gasteiger partial charge in [0.15, 0.2) is 0 Å². The van der Waals surface area contributed by atoms with Gasteiger partial charge in [0.05, 0.1) is 0 Å². The lowest BCUT2D eigenvalue weighted by molar-refractivity contribution is -0.147. The molecule has 21 heavy (non-hydrogen) atoms. The first-order valence-electron chi connectivity index (χ1n) is 8.50. The first-order valence-corrected chi connectivity index (χ1v) is 8.50. The smallest absolute Gasteiger partial charge is 0.225 e. The van der Waals surface area contributed by atoms with Gasteiger partial charge < -0.3 is 9.80 Å². The number of Topliss-reactive ketones (excluding diaryl/α,β-unsaturated/α-hetero) is 1. The van der Waals surface area contributed by atoms with Crippen molar-refractivity contribution < 1.29 is 9.59 Å². The van der Waals surface area contributed by atoms with E-state index in [9.17, 15) is 9.59 Å². The summed E-state index contributed by atoms with van der Waals surface area (Å²) in [6, 6.07) is 0. The van der Waals surface area contributed by atoms with Crippen LogP contribution in [-0.2, 0) is 9.59 Å². The lowest BCUT2D eigenvalue weighted by Crippen LogP contribution is -2.55. The van der Waals surface area contributed by atoms with Crippen LogP contribution in [0.15, 0.2) is 0 Å². The van der Waals surface area contributed by atoms with Crippen LogP contribution >= 0.6 is 0 Å². The van der Waals surface area contributed by atoms with Gasteiger partial charge in [-0.15, -0.1) is 0 Å². The largest absolute Gasteiger partial charge is 0.342 e. The van der Waals surface area contributed by atoms with Gasteiger partial charge in [0.2, 0.25) is 5.91 Å². The second-order valence-electron chi connectivity index (χ2n) is 7.49. The van der Waals surface area contributed by atoms with E-state index in [2.05, 4.69) is 11.9 Å². The number of likely N-dealkylation sites (tertiary alicyclic amines) is 2. The third-order valence-electron chi connectivity index (χ3n) is 6.24. The zero-order valence-electron chi connectivity index (χ0n) is 13.4. The van der Waals surface area contributed by atoms with Crippen molar-refractivity contribution in [3.8, 4) is 0 Å². The van der Waals surface area contributed by atoms with Gasteiger partial charge >= 0.3 is 0 Å². The van der Waals surface area contributed by atoms with Crippen LogP contribution in [-0.4, -0.2) is 54.7 Å². The number of rotatable bonds is 2. The molecule has 2 aliphatic heterocycles. The molecule has 4 nitrogen and oxygen atoms in total. The Bertz CT molecular complexity index is 423. The zero-order chi connectivity index (χ0) is 15.0. The molecule has 2 saturated heterocycles. The Morgan fingerprint density at radius 1 is 1.05 bits per heavy atom. The Labute approximate surface area is 127 Å². The average molecular weight is 292 g/mol. The number of hydrogen-bond donors (Lipinski definition) is 0. The monoisotopic (exact) mass is 292 g/mol. The minimum atomic E-state index is 0.0928. The predicted molar refractivity (Wildman–Crippen MR) is 81.9 cm³/mol. The molecule has 3 fully saturated rings. The molecule has 0 N–H and O–H groups in total. The van der Waals surface area contributed by atoms with Gasteiger partial charge in [0.25, 0.3) is 0 Å². The Hall–Kier alpha value is -0.900. The van der Waals surface area contributed by atoms with Crippen LogP contribution < -0.4 is 0 Å². The molecule has 1 aliphatic carbocycles. The summed E-state index contributed by atoms with van der Waals surface area (Å²) in [5, 5.41) is 0. The standard InChI is InChI=1S/C17H28N2O2/c1-13(20)15-12-19(11-8-17(15)6-3-7-17)16(21)14-4-9-18(2)10-5-14/h14-15H,3-12H2,1-2H3. The molecule has 1 spiro atoms. The second-order valence-corrected chi connectivity index (χ2v) is 7.49. The van der Waals surface area contributed by atoms with Crippen LogP contribution in [0.3, 0.4) is 0 Å². The van der Waals surface area contributed by atoms with Crippen LogP contribution in [0.25, 0.3) is 0 Å². The fourth-order valence-corrected chi connectivity index (χ4v) is 4.54. The van der Waals surface area contributed by atoms with Crippen molar-refractivity contribution in [1.29, 1.82) is 0 Å². The summed E-state index contributed by atoms with van der Waals surface area (Å²) >= 11 is 0. The molecule has 0 bridgehead atoms. The Kier molecular flexibility index (Phi) is 4.08. The summed E-state index contributed by atoms with van der Waals surface area (Å²) in [4.78, 5) is 29.1. The molecule has 1 atom stereocenters. The SMILES string of the molecule is CC(=O)C1CN(C(=O)C2CCN(C)CC2)CCC12CCC2. The van der Waals surface area contributed by atoms with E-state index in [1.807, 2.05) is 4.90 Å². The van der Waals surface area contributed by atoms with Crippen LogP contribution in [0.1, 0.15) is 45.4 Å². The molecule has 0 radical (unpaired) electrons. The second kappa shape index (κ2) is 5.71. The molecule has 4 heteroatoms. The quantitative estimate of drug-likeness (QED) is 0.781. The van der Waals surface area contributed by atoms with Gasteiger partial charge in [-0.05, 0) is 64.6 Å². The van der Waals surface area contributed by atoms with Gasteiger partial charge in [-0.3, -0.25) is 9.59 Å². The van der Waals surface area contributed by atoms with E-state index in [0.29, 0.717) is 12.5 Å². The highest BCUT2D eigenvalue weighted by atomic mass is 16.2. The molecule has 3 rings (SSSR count). The van der Waals surface area contributed by atoms with Gasteiger partial charge in [-0.1, -0.05) is 6.42 Å². The van der Waals surface area contributed by atoms with Crippen molar-refractivity contribution in [2.24, 2.45) is 17.3 Å². The lowest BCUT2D eigenvalue weighted by atomic mass is 9.56. The van der Waals surface area contributed by atoms with E-state index >= 15 is 0 Å². The molecule has 0 aromatic rings. The maximum absolute atomic E-state index is 12.7. The fraction of sp³-hybridized carbons (Fsp3) is 0.882. The number of ketones is 1. The van der Waals surface area contributed by atoms with E-state index in [0.717, 1.165) is 38.9 Å². The molecule has 2 heterocycles. The minimum absolute atomic E-state index is 0.0928. The van der Waals surface area contributed by atoms with Gasteiger partial charge in [-0.25, -0.2) is 0 Å². The average Bonchev–Trinajstić information content (AvgIpc) is 2.45. The summed E-state index contributed by atoms with van der Waals surface area (Å²) in [7, 11) is 2.12. The fourth-order valence-electron chi connectivity index (χ4n) is 4.54. The van der Waals surface area contributed by atoms with E-state index in [1.54, 1.807) is 6.92 Å². The van der Waals surface area contributed by atoms with Crippen molar-refractivity contribution >= 4 is 11.7 Å². The lowest BCUT2D eigenvalue weighted by Gasteiger charge is -2.53. The molecular formula is C17H28N2O2. The molecule has 0 aromatic heterocycles. The number of carbonyl (C=O) groups is 2. The number of hydrogen-bond acceptors (Lipinski definition) is 3. The molecule has 118 valence electrons. The van der Waals surface area contributed by atoms with Gasteiger partial charge in [0, 0.05) is 24.9 Å². The zero-order valence-corrected chi connectivity index (χ0v) is 13.4. The summed E-state index contributed by atoms with van der Waals surface area (Å²) < 4.78 is 0. The molecule has 1 unspecified atom stereocenters. The van der Waals surface area contributed by atoms with Crippen LogP contribution in [0.2, 0.25) is 0 Å². The first kappa shape index (κ1) is 15.0. The molecule has 3 aliphatic rings. The summed E-state index contributed by atoms with van der Waals surface area (Å²) in [6.07, 6.45) is 6.62. The van der Waals surface area contributed by atoms with Crippen LogP contribution in [0, 0.1) is 17.3 Å². The minimum Gasteiger partial charge on any atom is -0.342 e. The van der Waals surface area contributed by atoms with Gasteiger partial charge in [-0.2, -0.15) is 0 Å². The van der Waals surface area contributed by atoms with Crippen molar-refractivity contribution in [3.63, 3.8) is 0 Å². The van der Waals surface area contributed by atoms with Crippen molar-refractivity contribution in [2.45, 2.75) is 45.4 Å². The summed E-state index contributed by atoms with van der Waals surface area (Å²) in [5.41, 5.74) is 0.245. The van der Waals surface area contributed by atoms with Crippen LogP contribution in [0.4, 0.5) is 0 Å². The molecule has 1 amide bonds. The normalized spacial score (nSPS) is 30.2. The third-order valence-corrected chi connectivity index (χ3v) is 6.24. The highest BCUT2D eigenvalue weighted by molar-refractivity contribution is 5.83. The summed E-state index contributed by atoms with van der Waals surface area (Å²) in [5.74, 6) is 0.874. The topological polar surface area (TPSA) is 40.6 Å². The molecule has 0 aromatic carbocycles. The maximum atomic E-state index is 12.7. The number of nitrogens with zero attached hydrogens (tertiary/aromatic N) is 2. The van der Waals surface area contributed by atoms with Gasteiger partial charge in [0.1, 0.15) is 5.78 Å². The Morgan fingerprint density at radius 2 is 1.71 bits per heavy atom. The van der Waals surface area contributed by atoms with Crippen LogP contribution in [0.5, 0.6) is 0 Å². The van der Waals surface area contributed by atoms with E-state index in [1.165, 1.54) is 19.3 Å². The Morgan fingerprint density at radius 3 is 2.24 bits per heavy atom. The molecule has 1 saturated carbocycles. The highest BCUT2D eigenvalue weighted by Gasteiger charge is 2.50. The summed E-state index contributed by atoms with van der Waals surface area (Å²) in [6.45, 7) is 5.30. The Balaban J connectivity index is 1.64. The molecular weight excluding hydrogens is 264 g/mol. The highest BCUT2D eigenvalue weighted by Crippen LogP contribution is 2.52. The van der Waals surface area contributed by atoms with Crippen molar-refractivity contribution in [2.75, 3.05) is 33.2 Å². The number of carbonyl (C=O) groups excluding carboxylic acids is 2. The van der Waals surface area contributed by atoms with E-state index in [4.69, 9.17) is 0 Å². The van der Waals surface area contributed by atoms with E-state index in [-0.39, 0.29) is 23.0 Å². The number of amides is 1. The number of piperidine rings is 2. The predicted octanol–water partition coefficient (Wildman–Crippen LogP) is 1.94. The van der Waals surface area contributed by atoms with Crippen molar-refractivity contribution in [3.05, 3.63) is 0 Å². The maximum Gasteiger partial charge on any atom is 0.225 e. The van der Waals surface area contributed by atoms with Crippen molar-refractivity contribution in [1.82, 2.24) is 9.80 Å². The third kappa shape index (κ3) is 2.75. The first-order chi connectivity index (χ1) is 10.0. The van der Waals surface area contributed by atoms with E-state index < -0.39 is 0 Å².